The van der Waals surface area contributed by atoms with Crippen LogP contribution in [-0.2, 0) is 6.54 Å². The van der Waals surface area contributed by atoms with Crippen LogP contribution in [0.1, 0.15) is 57.0 Å². The predicted octanol–water partition coefficient (Wildman–Crippen LogP) is 4.17. The lowest BCUT2D eigenvalue weighted by Crippen LogP contribution is -2.23. The molecule has 1 aromatic carbocycles. The Morgan fingerprint density at radius 2 is 1.96 bits per heavy atom. The quantitative estimate of drug-likeness (QED) is 0.486. The van der Waals surface area contributed by atoms with Gasteiger partial charge in [-0.3, -0.25) is 9.36 Å². The van der Waals surface area contributed by atoms with E-state index in [-0.39, 0.29) is 16.7 Å². The molecule has 3 rings (SSSR count). The molecule has 0 amide bonds. The van der Waals surface area contributed by atoms with Crippen molar-refractivity contribution in [2.45, 2.75) is 57.0 Å². The van der Waals surface area contributed by atoms with Crippen molar-refractivity contribution < 1.29 is 4.52 Å². The topological polar surface area (TPSA) is 73.8 Å². The smallest absolute Gasteiger partial charge is 0.262 e. The van der Waals surface area contributed by atoms with Gasteiger partial charge in [0.1, 0.15) is 0 Å². The molecule has 0 saturated carbocycles. The standard InChI is InChI=1S/C18H22N4O2S/c1-5-10-22-17(23)13-8-6-7-9-14(13)19-18(22)25-12(4)16-20-15(11(2)3)21-24-16/h6-9,11-12H,5,10H2,1-4H3. The first-order valence-corrected chi connectivity index (χ1v) is 9.39. The predicted molar refractivity (Wildman–Crippen MR) is 99.0 cm³/mol. The first kappa shape index (κ1) is 17.7. The normalized spacial score (nSPS) is 12.8. The third-order valence-corrected chi connectivity index (χ3v) is 4.96. The number of benzene rings is 1. The van der Waals surface area contributed by atoms with E-state index in [4.69, 9.17) is 9.51 Å². The Morgan fingerprint density at radius 3 is 2.64 bits per heavy atom. The minimum absolute atomic E-state index is 0.00412. The van der Waals surface area contributed by atoms with Crippen molar-refractivity contribution >= 4 is 22.7 Å². The van der Waals surface area contributed by atoms with Gasteiger partial charge in [0.2, 0.25) is 5.89 Å². The summed E-state index contributed by atoms with van der Waals surface area (Å²) in [6.45, 7) is 8.71. The molecule has 2 heterocycles. The van der Waals surface area contributed by atoms with Gasteiger partial charge in [-0.05, 0) is 25.5 Å². The van der Waals surface area contributed by atoms with Crippen LogP contribution in [0.5, 0.6) is 0 Å². The number of fused-ring (bicyclic) bond motifs is 1. The Bertz CT molecular complexity index is 932. The number of aromatic nitrogens is 4. The summed E-state index contributed by atoms with van der Waals surface area (Å²) in [7, 11) is 0. The van der Waals surface area contributed by atoms with E-state index in [0.29, 0.717) is 34.3 Å². The van der Waals surface area contributed by atoms with Crippen LogP contribution in [0.2, 0.25) is 0 Å². The van der Waals surface area contributed by atoms with Crippen LogP contribution >= 0.6 is 11.8 Å². The monoisotopic (exact) mass is 358 g/mol. The van der Waals surface area contributed by atoms with E-state index >= 15 is 0 Å². The lowest BCUT2D eigenvalue weighted by atomic mass is 10.2. The van der Waals surface area contributed by atoms with Crippen molar-refractivity contribution in [2.75, 3.05) is 0 Å². The minimum Gasteiger partial charge on any atom is -0.338 e. The number of thioether (sulfide) groups is 1. The average Bonchev–Trinajstić information content (AvgIpc) is 3.09. The van der Waals surface area contributed by atoms with Gasteiger partial charge in [-0.1, -0.05) is 49.8 Å². The highest BCUT2D eigenvalue weighted by molar-refractivity contribution is 7.99. The molecule has 1 unspecified atom stereocenters. The summed E-state index contributed by atoms with van der Waals surface area (Å²) in [5.41, 5.74) is 0.707. The third-order valence-electron chi connectivity index (χ3n) is 3.88. The molecule has 0 N–H and O–H groups in total. The summed E-state index contributed by atoms with van der Waals surface area (Å²) in [6, 6.07) is 7.44. The Hall–Kier alpha value is -2.15. The number of nitrogens with zero attached hydrogens (tertiary/aromatic N) is 4. The fourth-order valence-electron chi connectivity index (χ4n) is 2.51. The Labute approximate surface area is 150 Å². The molecule has 6 nitrogen and oxygen atoms in total. The molecular formula is C18H22N4O2S. The van der Waals surface area contributed by atoms with Gasteiger partial charge in [0.25, 0.3) is 5.56 Å². The molecule has 0 aliphatic heterocycles. The van der Waals surface area contributed by atoms with Gasteiger partial charge >= 0.3 is 0 Å². The van der Waals surface area contributed by atoms with Crippen LogP contribution in [0, 0.1) is 0 Å². The van der Waals surface area contributed by atoms with Gasteiger partial charge in [0.15, 0.2) is 11.0 Å². The minimum atomic E-state index is -0.0869. The van der Waals surface area contributed by atoms with Gasteiger partial charge in [0.05, 0.1) is 16.2 Å². The zero-order valence-corrected chi connectivity index (χ0v) is 15.7. The van der Waals surface area contributed by atoms with E-state index in [1.165, 1.54) is 11.8 Å². The molecule has 7 heteroatoms. The van der Waals surface area contributed by atoms with Gasteiger partial charge in [-0.2, -0.15) is 4.98 Å². The highest BCUT2D eigenvalue weighted by Crippen LogP contribution is 2.33. The lowest BCUT2D eigenvalue weighted by Gasteiger charge is -2.14. The highest BCUT2D eigenvalue weighted by Gasteiger charge is 2.20. The first-order chi connectivity index (χ1) is 12.0. The molecule has 0 fully saturated rings. The fraction of sp³-hybridized carbons (Fsp3) is 0.444. The van der Waals surface area contributed by atoms with Crippen LogP contribution in [0.3, 0.4) is 0 Å². The van der Waals surface area contributed by atoms with Crippen molar-refractivity contribution in [2.24, 2.45) is 0 Å². The zero-order chi connectivity index (χ0) is 18.0. The number of hydrogen-bond acceptors (Lipinski definition) is 6. The van der Waals surface area contributed by atoms with Crippen LogP contribution < -0.4 is 5.56 Å². The fourth-order valence-corrected chi connectivity index (χ4v) is 3.48. The zero-order valence-electron chi connectivity index (χ0n) is 14.9. The average molecular weight is 358 g/mol. The summed E-state index contributed by atoms with van der Waals surface area (Å²) in [5, 5.41) is 5.26. The lowest BCUT2D eigenvalue weighted by molar-refractivity contribution is 0.372. The summed E-state index contributed by atoms with van der Waals surface area (Å²) >= 11 is 1.47. The molecule has 3 aromatic rings. The van der Waals surface area contributed by atoms with Crippen LogP contribution in [0.25, 0.3) is 10.9 Å². The summed E-state index contributed by atoms with van der Waals surface area (Å²) < 4.78 is 7.12. The highest BCUT2D eigenvalue weighted by atomic mass is 32.2. The molecule has 25 heavy (non-hydrogen) atoms. The number of para-hydroxylation sites is 1. The van der Waals surface area contributed by atoms with E-state index in [1.807, 2.05) is 52.0 Å². The van der Waals surface area contributed by atoms with E-state index in [0.717, 1.165) is 6.42 Å². The number of rotatable bonds is 6. The van der Waals surface area contributed by atoms with Crippen LogP contribution in [-0.4, -0.2) is 19.7 Å². The first-order valence-electron chi connectivity index (χ1n) is 8.51. The maximum atomic E-state index is 12.8. The molecule has 0 saturated heterocycles. The van der Waals surface area contributed by atoms with Gasteiger partial charge in [-0.15, -0.1) is 0 Å². The molecule has 2 aromatic heterocycles. The van der Waals surface area contributed by atoms with E-state index in [2.05, 4.69) is 10.1 Å². The van der Waals surface area contributed by atoms with Crippen molar-refractivity contribution in [3.63, 3.8) is 0 Å². The van der Waals surface area contributed by atoms with Crippen molar-refractivity contribution in [3.05, 3.63) is 46.3 Å². The van der Waals surface area contributed by atoms with Gasteiger partial charge in [0, 0.05) is 12.5 Å². The molecule has 0 radical (unpaired) electrons. The van der Waals surface area contributed by atoms with Crippen molar-refractivity contribution in [1.29, 1.82) is 0 Å². The molecule has 0 aliphatic carbocycles. The maximum Gasteiger partial charge on any atom is 0.262 e. The molecule has 0 bridgehead atoms. The van der Waals surface area contributed by atoms with Gasteiger partial charge in [-0.25, -0.2) is 4.98 Å². The summed E-state index contributed by atoms with van der Waals surface area (Å²) in [6.07, 6.45) is 0.861. The molecule has 132 valence electrons. The Balaban J connectivity index is 1.98. The SMILES string of the molecule is CCCn1c(SC(C)c2nc(C(C)C)no2)nc2ccccc2c1=O. The van der Waals surface area contributed by atoms with Crippen molar-refractivity contribution in [3.8, 4) is 0 Å². The van der Waals surface area contributed by atoms with E-state index in [9.17, 15) is 4.79 Å². The molecule has 0 spiro atoms. The number of hydrogen-bond donors (Lipinski definition) is 0. The third kappa shape index (κ3) is 3.61. The summed E-state index contributed by atoms with van der Waals surface area (Å²) in [5.74, 6) is 1.46. The summed E-state index contributed by atoms with van der Waals surface area (Å²) in [4.78, 5) is 22.0. The van der Waals surface area contributed by atoms with E-state index in [1.54, 1.807) is 4.57 Å². The molecular weight excluding hydrogens is 336 g/mol. The van der Waals surface area contributed by atoms with Crippen LogP contribution in [0.15, 0.2) is 38.7 Å². The van der Waals surface area contributed by atoms with Crippen LogP contribution in [0.4, 0.5) is 0 Å². The second kappa shape index (κ2) is 7.39. The largest absolute Gasteiger partial charge is 0.338 e. The van der Waals surface area contributed by atoms with E-state index < -0.39 is 0 Å². The maximum absolute atomic E-state index is 12.8. The molecule has 1 atom stereocenters. The Kier molecular flexibility index (Phi) is 5.22. The second-order valence-corrected chi connectivity index (χ2v) is 7.58. The second-order valence-electron chi connectivity index (χ2n) is 6.27. The Morgan fingerprint density at radius 1 is 1.20 bits per heavy atom. The molecule has 0 aliphatic rings. The van der Waals surface area contributed by atoms with Crippen molar-refractivity contribution in [1.82, 2.24) is 19.7 Å². The van der Waals surface area contributed by atoms with Gasteiger partial charge < -0.3 is 4.52 Å².